The van der Waals surface area contributed by atoms with Crippen LogP contribution in [0.2, 0.25) is 10.0 Å². The Morgan fingerprint density at radius 3 is 2.20 bits per heavy atom. The van der Waals surface area contributed by atoms with Gasteiger partial charge in [-0.1, -0.05) is 37.0 Å². The SMILES string of the molecule is CC(C)(CO)COc1cc(Cl)cc(Cl)c1. The van der Waals surface area contributed by atoms with E-state index in [1.165, 1.54) is 0 Å². The zero-order valence-corrected chi connectivity index (χ0v) is 10.3. The average Bonchev–Trinajstić information content (AvgIpc) is 2.14. The van der Waals surface area contributed by atoms with Crippen LogP contribution >= 0.6 is 23.2 Å². The number of hydrogen-bond donors (Lipinski definition) is 1. The van der Waals surface area contributed by atoms with Crippen LogP contribution in [0.15, 0.2) is 18.2 Å². The first kappa shape index (κ1) is 12.6. The summed E-state index contributed by atoms with van der Waals surface area (Å²) in [6, 6.07) is 5.04. The minimum atomic E-state index is -0.269. The van der Waals surface area contributed by atoms with Gasteiger partial charge in [0, 0.05) is 15.5 Å². The van der Waals surface area contributed by atoms with Gasteiger partial charge in [-0.25, -0.2) is 0 Å². The third kappa shape index (κ3) is 4.29. The molecule has 0 aliphatic carbocycles. The zero-order valence-electron chi connectivity index (χ0n) is 8.76. The molecule has 1 rings (SSSR count). The number of ether oxygens (including phenoxy) is 1. The van der Waals surface area contributed by atoms with E-state index in [-0.39, 0.29) is 12.0 Å². The summed E-state index contributed by atoms with van der Waals surface area (Å²) in [6.45, 7) is 4.32. The number of benzene rings is 1. The molecule has 0 aliphatic heterocycles. The molecule has 0 aliphatic rings. The van der Waals surface area contributed by atoms with Crippen molar-refractivity contribution in [1.29, 1.82) is 0 Å². The van der Waals surface area contributed by atoms with Gasteiger partial charge in [-0.3, -0.25) is 0 Å². The van der Waals surface area contributed by atoms with E-state index in [1.807, 2.05) is 13.8 Å². The van der Waals surface area contributed by atoms with Crippen molar-refractivity contribution in [3.05, 3.63) is 28.2 Å². The first-order valence-corrected chi connectivity index (χ1v) is 5.38. The molecule has 0 bridgehead atoms. The van der Waals surface area contributed by atoms with Crippen molar-refractivity contribution >= 4 is 23.2 Å². The molecule has 0 fully saturated rings. The van der Waals surface area contributed by atoms with Gasteiger partial charge in [-0.05, 0) is 18.2 Å². The Morgan fingerprint density at radius 1 is 1.20 bits per heavy atom. The normalized spacial score (nSPS) is 11.5. The minimum absolute atomic E-state index is 0.0707. The highest BCUT2D eigenvalue weighted by atomic mass is 35.5. The highest BCUT2D eigenvalue weighted by Gasteiger charge is 2.17. The first-order valence-electron chi connectivity index (χ1n) is 4.63. The smallest absolute Gasteiger partial charge is 0.122 e. The lowest BCUT2D eigenvalue weighted by Crippen LogP contribution is -2.25. The van der Waals surface area contributed by atoms with Crippen molar-refractivity contribution in [2.45, 2.75) is 13.8 Å². The Morgan fingerprint density at radius 2 is 1.73 bits per heavy atom. The topological polar surface area (TPSA) is 29.5 Å². The predicted molar refractivity (Wildman–Crippen MR) is 62.8 cm³/mol. The lowest BCUT2D eigenvalue weighted by molar-refractivity contribution is 0.0976. The third-order valence-electron chi connectivity index (χ3n) is 1.89. The van der Waals surface area contributed by atoms with Gasteiger partial charge < -0.3 is 9.84 Å². The highest BCUT2D eigenvalue weighted by molar-refractivity contribution is 6.34. The number of rotatable bonds is 4. The van der Waals surface area contributed by atoms with Crippen LogP contribution in [0.1, 0.15) is 13.8 Å². The van der Waals surface area contributed by atoms with Crippen molar-refractivity contribution in [3.63, 3.8) is 0 Å². The van der Waals surface area contributed by atoms with E-state index in [0.717, 1.165) is 0 Å². The van der Waals surface area contributed by atoms with Gasteiger partial charge in [-0.15, -0.1) is 0 Å². The van der Waals surface area contributed by atoms with Crippen LogP contribution in [-0.4, -0.2) is 18.3 Å². The molecule has 1 aromatic carbocycles. The molecular formula is C11H14Cl2O2. The molecule has 15 heavy (non-hydrogen) atoms. The summed E-state index contributed by atoms with van der Waals surface area (Å²) in [4.78, 5) is 0. The lowest BCUT2D eigenvalue weighted by Gasteiger charge is -2.21. The summed E-state index contributed by atoms with van der Waals surface area (Å²) in [7, 11) is 0. The maximum Gasteiger partial charge on any atom is 0.122 e. The Labute approximate surface area is 99.8 Å². The molecule has 0 unspecified atom stereocenters. The Balaban J connectivity index is 2.65. The van der Waals surface area contributed by atoms with Gasteiger partial charge in [0.1, 0.15) is 5.75 Å². The molecule has 0 saturated carbocycles. The molecule has 0 saturated heterocycles. The van der Waals surface area contributed by atoms with Crippen molar-refractivity contribution in [2.24, 2.45) is 5.41 Å². The quantitative estimate of drug-likeness (QED) is 0.886. The molecule has 1 N–H and O–H groups in total. The number of halogens is 2. The van der Waals surface area contributed by atoms with Crippen molar-refractivity contribution < 1.29 is 9.84 Å². The molecule has 84 valence electrons. The molecule has 0 amide bonds. The highest BCUT2D eigenvalue weighted by Crippen LogP contribution is 2.25. The molecule has 0 aromatic heterocycles. The maximum absolute atomic E-state index is 9.05. The van der Waals surface area contributed by atoms with Crippen LogP contribution < -0.4 is 4.74 Å². The number of hydrogen-bond acceptors (Lipinski definition) is 2. The summed E-state index contributed by atoms with van der Waals surface area (Å²) in [5.41, 5.74) is -0.269. The van der Waals surface area contributed by atoms with Crippen molar-refractivity contribution in [3.8, 4) is 5.75 Å². The minimum Gasteiger partial charge on any atom is -0.493 e. The zero-order chi connectivity index (χ0) is 11.5. The fourth-order valence-electron chi connectivity index (χ4n) is 0.936. The van der Waals surface area contributed by atoms with Gasteiger partial charge >= 0.3 is 0 Å². The van der Waals surface area contributed by atoms with Crippen LogP contribution in [0.3, 0.4) is 0 Å². The van der Waals surface area contributed by atoms with E-state index in [4.69, 9.17) is 33.0 Å². The summed E-state index contributed by atoms with van der Waals surface area (Å²) in [5.74, 6) is 0.619. The number of aliphatic hydroxyl groups is 1. The van der Waals surface area contributed by atoms with E-state index in [1.54, 1.807) is 18.2 Å². The van der Waals surface area contributed by atoms with Crippen LogP contribution in [0.25, 0.3) is 0 Å². The van der Waals surface area contributed by atoms with Crippen LogP contribution in [0.4, 0.5) is 0 Å². The van der Waals surface area contributed by atoms with E-state index in [0.29, 0.717) is 22.4 Å². The summed E-state index contributed by atoms with van der Waals surface area (Å²) >= 11 is 11.6. The molecule has 0 atom stereocenters. The second-order valence-corrected chi connectivity index (χ2v) is 5.09. The van der Waals surface area contributed by atoms with E-state index in [9.17, 15) is 0 Å². The predicted octanol–water partition coefficient (Wildman–Crippen LogP) is 3.39. The molecular weight excluding hydrogens is 235 g/mol. The van der Waals surface area contributed by atoms with Gasteiger partial charge in [0.15, 0.2) is 0 Å². The molecule has 0 spiro atoms. The Bertz CT molecular complexity index is 317. The van der Waals surface area contributed by atoms with Gasteiger partial charge in [0.05, 0.1) is 13.2 Å². The monoisotopic (exact) mass is 248 g/mol. The average molecular weight is 249 g/mol. The standard InChI is InChI=1S/C11H14Cl2O2/c1-11(2,6-14)7-15-10-4-8(12)3-9(13)5-10/h3-5,14H,6-7H2,1-2H3. The second-order valence-electron chi connectivity index (χ2n) is 4.22. The summed E-state index contributed by atoms with van der Waals surface area (Å²) in [5, 5.41) is 10.1. The third-order valence-corrected chi connectivity index (χ3v) is 2.33. The first-order chi connectivity index (χ1) is 6.93. The Kier molecular flexibility index (Phi) is 4.26. The van der Waals surface area contributed by atoms with E-state index < -0.39 is 0 Å². The second kappa shape index (κ2) is 5.06. The fourth-order valence-corrected chi connectivity index (χ4v) is 1.44. The summed E-state index contributed by atoms with van der Waals surface area (Å²) < 4.78 is 5.49. The van der Waals surface area contributed by atoms with Crippen molar-refractivity contribution in [2.75, 3.05) is 13.2 Å². The largest absolute Gasteiger partial charge is 0.493 e. The molecule has 2 nitrogen and oxygen atoms in total. The van der Waals surface area contributed by atoms with Gasteiger partial charge in [0.25, 0.3) is 0 Å². The van der Waals surface area contributed by atoms with E-state index in [2.05, 4.69) is 0 Å². The van der Waals surface area contributed by atoms with Crippen molar-refractivity contribution in [1.82, 2.24) is 0 Å². The lowest BCUT2D eigenvalue weighted by atomic mass is 9.97. The van der Waals surface area contributed by atoms with Crippen LogP contribution in [0.5, 0.6) is 5.75 Å². The molecule has 0 heterocycles. The van der Waals surface area contributed by atoms with Crippen LogP contribution in [0, 0.1) is 5.41 Å². The van der Waals surface area contributed by atoms with Gasteiger partial charge in [-0.2, -0.15) is 0 Å². The fraction of sp³-hybridized carbons (Fsp3) is 0.455. The summed E-state index contributed by atoms with van der Waals surface area (Å²) in [6.07, 6.45) is 0. The van der Waals surface area contributed by atoms with E-state index >= 15 is 0 Å². The molecule has 0 radical (unpaired) electrons. The van der Waals surface area contributed by atoms with Gasteiger partial charge in [0.2, 0.25) is 0 Å². The number of aliphatic hydroxyl groups excluding tert-OH is 1. The molecule has 4 heteroatoms. The maximum atomic E-state index is 9.05. The Hall–Kier alpha value is -0.440. The molecule has 1 aromatic rings. The van der Waals surface area contributed by atoms with Crippen LogP contribution in [-0.2, 0) is 0 Å².